The van der Waals surface area contributed by atoms with Gasteiger partial charge in [0.2, 0.25) is 0 Å². The van der Waals surface area contributed by atoms with Crippen molar-refractivity contribution in [3.05, 3.63) is 0 Å². The highest BCUT2D eigenvalue weighted by molar-refractivity contribution is 4.71. The third-order valence-corrected chi connectivity index (χ3v) is 3.99. The third kappa shape index (κ3) is 4.40. The zero-order chi connectivity index (χ0) is 11.1. The van der Waals surface area contributed by atoms with Gasteiger partial charge in [-0.1, -0.05) is 19.3 Å². The lowest BCUT2D eigenvalue weighted by molar-refractivity contribution is 0.236. The van der Waals surface area contributed by atoms with Gasteiger partial charge in [-0.25, -0.2) is 0 Å². The van der Waals surface area contributed by atoms with Gasteiger partial charge in [0.25, 0.3) is 0 Å². The molecule has 16 heavy (non-hydrogen) atoms. The van der Waals surface area contributed by atoms with E-state index in [1.807, 2.05) is 0 Å². The first-order chi connectivity index (χ1) is 7.95. The molecule has 0 aromatic carbocycles. The Morgan fingerprint density at radius 2 is 1.94 bits per heavy atom. The standard InChI is InChI=1S/C13H27N3/c1-3-13(4-1)5-7-14-6-2-10-16-11-8-15-9-12-16/h13-15H,1-12H2. The molecule has 0 atom stereocenters. The molecule has 2 rings (SSSR count). The number of nitrogens with zero attached hydrogens (tertiary/aromatic N) is 1. The summed E-state index contributed by atoms with van der Waals surface area (Å²) in [5.41, 5.74) is 0. The molecule has 0 aromatic heterocycles. The van der Waals surface area contributed by atoms with E-state index in [4.69, 9.17) is 0 Å². The fourth-order valence-electron chi connectivity index (χ4n) is 2.58. The van der Waals surface area contributed by atoms with Crippen LogP contribution in [0.15, 0.2) is 0 Å². The minimum atomic E-state index is 1.06. The third-order valence-electron chi connectivity index (χ3n) is 3.99. The van der Waals surface area contributed by atoms with Crippen molar-refractivity contribution in [1.29, 1.82) is 0 Å². The van der Waals surface area contributed by atoms with Crippen LogP contribution in [-0.2, 0) is 0 Å². The summed E-state index contributed by atoms with van der Waals surface area (Å²) >= 11 is 0. The monoisotopic (exact) mass is 225 g/mol. The lowest BCUT2D eigenvalue weighted by atomic mass is 9.83. The second-order valence-corrected chi connectivity index (χ2v) is 5.28. The van der Waals surface area contributed by atoms with E-state index in [9.17, 15) is 0 Å². The van der Waals surface area contributed by atoms with E-state index in [0.29, 0.717) is 0 Å². The molecule has 2 fully saturated rings. The number of hydrogen-bond acceptors (Lipinski definition) is 3. The number of hydrogen-bond donors (Lipinski definition) is 2. The van der Waals surface area contributed by atoms with Crippen LogP contribution in [0.25, 0.3) is 0 Å². The molecule has 94 valence electrons. The van der Waals surface area contributed by atoms with Crippen LogP contribution in [0.3, 0.4) is 0 Å². The van der Waals surface area contributed by atoms with Crippen LogP contribution < -0.4 is 10.6 Å². The first kappa shape index (κ1) is 12.3. The van der Waals surface area contributed by atoms with Gasteiger partial charge in [-0.2, -0.15) is 0 Å². The van der Waals surface area contributed by atoms with Crippen molar-refractivity contribution in [3.63, 3.8) is 0 Å². The van der Waals surface area contributed by atoms with Crippen LogP contribution in [0.4, 0.5) is 0 Å². The quantitative estimate of drug-likeness (QED) is 0.635. The molecule has 0 bridgehead atoms. The fraction of sp³-hybridized carbons (Fsp3) is 1.00. The molecule has 3 nitrogen and oxygen atoms in total. The minimum Gasteiger partial charge on any atom is -0.317 e. The molecule has 0 amide bonds. The van der Waals surface area contributed by atoms with E-state index in [0.717, 1.165) is 5.92 Å². The molecule has 3 heteroatoms. The molecule has 1 aliphatic heterocycles. The molecule has 1 aliphatic carbocycles. The Hall–Kier alpha value is -0.120. The van der Waals surface area contributed by atoms with E-state index in [1.54, 1.807) is 0 Å². The number of piperazine rings is 1. The van der Waals surface area contributed by atoms with Crippen molar-refractivity contribution in [2.24, 2.45) is 5.92 Å². The molecule has 0 radical (unpaired) electrons. The van der Waals surface area contributed by atoms with Crippen LogP contribution >= 0.6 is 0 Å². The highest BCUT2D eigenvalue weighted by Gasteiger charge is 2.16. The van der Waals surface area contributed by atoms with Crippen LogP contribution in [-0.4, -0.2) is 50.7 Å². The van der Waals surface area contributed by atoms with E-state index in [1.165, 1.54) is 77.9 Å². The van der Waals surface area contributed by atoms with Gasteiger partial charge in [0.15, 0.2) is 0 Å². The van der Waals surface area contributed by atoms with Crippen LogP contribution in [0, 0.1) is 5.92 Å². The van der Waals surface area contributed by atoms with Crippen molar-refractivity contribution < 1.29 is 0 Å². The van der Waals surface area contributed by atoms with Crippen LogP contribution in [0.1, 0.15) is 32.1 Å². The number of nitrogens with one attached hydrogen (secondary N) is 2. The summed E-state index contributed by atoms with van der Waals surface area (Å²) in [7, 11) is 0. The molecule has 2 aliphatic rings. The molecule has 2 N–H and O–H groups in total. The van der Waals surface area contributed by atoms with Gasteiger partial charge in [-0.3, -0.25) is 0 Å². The summed E-state index contributed by atoms with van der Waals surface area (Å²) in [5.74, 6) is 1.06. The Labute approximate surface area is 100.0 Å². The van der Waals surface area contributed by atoms with Crippen molar-refractivity contribution in [2.75, 3.05) is 45.8 Å². The normalized spacial score (nSPS) is 23.2. The van der Waals surface area contributed by atoms with Crippen LogP contribution in [0.2, 0.25) is 0 Å². The van der Waals surface area contributed by atoms with E-state index in [-0.39, 0.29) is 0 Å². The molecule has 1 heterocycles. The Bertz CT molecular complexity index is 174. The molecule has 0 aromatic rings. The summed E-state index contributed by atoms with van der Waals surface area (Å²) in [6.45, 7) is 8.55. The van der Waals surface area contributed by atoms with Crippen molar-refractivity contribution in [3.8, 4) is 0 Å². The highest BCUT2D eigenvalue weighted by Crippen LogP contribution is 2.28. The Kier molecular flexibility index (Phi) is 5.59. The zero-order valence-electron chi connectivity index (χ0n) is 10.5. The maximum atomic E-state index is 3.58. The maximum absolute atomic E-state index is 3.58. The lowest BCUT2D eigenvalue weighted by Crippen LogP contribution is -2.44. The summed E-state index contributed by atoms with van der Waals surface area (Å²) in [6.07, 6.45) is 7.18. The molecule has 0 unspecified atom stereocenters. The van der Waals surface area contributed by atoms with Gasteiger partial charge in [-0.15, -0.1) is 0 Å². The summed E-state index contributed by atoms with van der Waals surface area (Å²) < 4.78 is 0. The fourth-order valence-corrected chi connectivity index (χ4v) is 2.58. The predicted octanol–water partition coefficient (Wildman–Crippen LogP) is 1.06. The maximum Gasteiger partial charge on any atom is 0.0107 e. The average molecular weight is 225 g/mol. The van der Waals surface area contributed by atoms with E-state index in [2.05, 4.69) is 15.5 Å². The van der Waals surface area contributed by atoms with Gasteiger partial charge in [0.05, 0.1) is 0 Å². The van der Waals surface area contributed by atoms with Crippen molar-refractivity contribution >= 4 is 0 Å². The largest absolute Gasteiger partial charge is 0.317 e. The summed E-state index contributed by atoms with van der Waals surface area (Å²) in [5, 5.41) is 6.98. The number of rotatable bonds is 7. The SMILES string of the molecule is C1CC(CCNCCCN2CCNCC2)C1. The molecule has 1 saturated heterocycles. The zero-order valence-corrected chi connectivity index (χ0v) is 10.5. The average Bonchev–Trinajstić information content (AvgIpc) is 2.27. The first-order valence-electron chi connectivity index (χ1n) is 7.09. The topological polar surface area (TPSA) is 27.3 Å². The second-order valence-electron chi connectivity index (χ2n) is 5.28. The van der Waals surface area contributed by atoms with Gasteiger partial charge >= 0.3 is 0 Å². The molecule has 0 spiro atoms. The Morgan fingerprint density at radius 1 is 1.12 bits per heavy atom. The first-order valence-corrected chi connectivity index (χ1v) is 7.09. The lowest BCUT2D eigenvalue weighted by Gasteiger charge is -2.27. The summed E-state index contributed by atoms with van der Waals surface area (Å²) in [6, 6.07) is 0. The smallest absolute Gasteiger partial charge is 0.0107 e. The summed E-state index contributed by atoms with van der Waals surface area (Å²) in [4.78, 5) is 2.57. The van der Waals surface area contributed by atoms with Gasteiger partial charge in [-0.05, 0) is 38.4 Å². The van der Waals surface area contributed by atoms with Crippen LogP contribution in [0.5, 0.6) is 0 Å². The Balaban J connectivity index is 1.36. The van der Waals surface area contributed by atoms with E-state index >= 15 is 0 Å². The molecular weight excluding hydrogens is 198 g/mol. The van der Waals surface area contributed by atoms with Gasteiger partial charge in [0, 0.05) is 26.2 Å². The predicted molar refractivity (Wildman–Crippen MR) is 68.8 cm³/mol. The highest BCUT2D eigenvalue weighted by atomic mass is 15.2. The van der Waals surface area contributed by atoms with Crippen molar-refractivity contribution in [1.82, 2.24) is 15.5 Å². The van der Waals surface area contributed by atoms with Gasteiger partial charge in [0.1, 0.15) is 0 Å². The van der Waals surface area contributed by atoms with Crippen molar-refractivity contribution in [2.45, 2.75) is 32.1 Å². The second kappa shape index (κ2) is 7.25. The minimum absolute atomic E-state index is 1.06. The molecular formula is C13H27N3. The molecule has 1 saturated carbocycles. The van der Waals surface area contributed by atoms with Gasteiger partial charge < -0.3 is 15.5 Å². The Morgan fingerprint density at radius 3 is 2.62 bits per heavy atom. The van der Waals surface area contributed by atoms with E-state index < -0.39 is 0 Å².